The first kappa shape index (κ1) is 23.2. The molecule has 184 valence electrons. The molecule has 0 unspecified atom stereocenters. The monoisotopic (exact) mass is 478 g/mol. The Hall–Kier alpha value is -3.59. The third kappa shape index (κ3) is 4.20. The Morgan fingerprint density at radius 2 is 2.03 bits per heavy atom. The van der Waals surface area contributed by atoms with E-state index in [-0.39, 0.29) is 29.7 Å². The highest BCUT2D eigenvalue weighted by Gasteiger charge is 2.37. The Morgan fingerprint density at radius 1 is 1.20 bits per heavy atom. The van der Waals surface area contributed by atoms with Crippen LogP contribution in [0.15, 0.2) is 41.2 Å². The van der Waals surface area contributed by atoms with Gasteiger partial charge in [0.15, 0.2) is 0 Å². The fourth-order valence-corrected chi connectivity index (χ4v) is 5.43. The smallest absolute Gasteiger partial charge is 0.356 e. The summed E-state index contributed by atoms with van der Waals surface area (Å²) in [5.74, 6) is 0.404. The molecule has 0 spiro atoms. The predicted octanol–water partition coefficient (Wildman–Crippen LogP) is 2.96. The van der Waals surface area contributed by atoms with Gasteiger partial charge in [-0.3, -0.25) is 14.5 Å². The Labute approximate surface area is 203 Å². The second-order valence-electron chi connectivity index (χ2n) is 9.32. The maximum absolute atomic E-state index is 13.5. The highest BCUT2D eigenvalue weighted by Crippen LogP contribution is 2.36. The number of carbonyl (C=O) groups excluding carboxylic acids is 2. The molecule has 9 heteroatoms. The third-order valence-corrected chi connectivity index (χ3v) is 7.17. The number of hydrogen-bond acceptors (Lipinski definition) is 6. The van der Waals surface area contributed by atoms with Gasteiger partial charge >= 0.3 is 5.97 Å². The molecule has 4 heterocycles. The molecule has 2 N–H and O–H groups in total. The number of piperidine rings is 1. The molecule has 0 saturated carbocycles. The summed E-state index contributed by atoms with van der Waals surface area (Å²) in [5, 5.41) is 3.67. The molecule has 1 amide bonds. The van der Waals surface area contributed by atoms with Gasteiger partial charge in [0.2, 0.25) is 5.91 Å². The van der Waals surface area contributed by atoms with Crippen LogP contribution in [-0.4, -0.2) is 59.2 Å². The van der Waals surface area contributed by atoms with Crippen LogP contribution in [0.5, 0.6) is 5.75 Å². The maximum atomic E-state index is 13.5. The zero-order valence-electron chi connectivity index (χ0n) is 20.2. The highest BCUT2D eigenvalue weighted by atomic mass is 16.5. The number of rotatable bonds is 6. The second-order valence-corrected chi connectivity index (χ2v) is 9.32. The minimum atomic E-state index is -0.528. The molecule has 5 rings (SSSR count). The number of aromatic amines is 1. The van der Waals surface area contributed by atoms with Gasteiger partial charge in [-0.05, 0) is 50.5 Å². The first-order valence-electron chi connectivity index (χ1n) is 12.0. The normalized spacial score (nSPS) is 20.2. The molecule has 9 nitrogen and oxygen atoms in total. The van der Waals surface area contributed by atoms with E-state index in [2.05, 4.69) is 15.2 Å². The average molecular weight is 479 g/mol. The number of carbonyl (C=O) groups is 2. The number of benzene rings is 1. The molecule has 0 radical (unpaired) electrons. The van der Waals surface area contributed by atoms with Gasteiger partial charge in [-0.1, -0.05) is 6.07 Å². The SMILES string of the molecule is CCOC(=O)c1[nH]c2ccc(OC)cc2c1NC(=O)[C@@H](C)N1C[C@@H]2C[C@@H](C1)c1cccc(=O)n1C2. The van der Waals surface area contributed by atoms with E-state index in [0.717, 1.165) is 18.7 Å². The van der Waals surface area contributed by atoms with E-state index in [1.54, 1.807) is 38.3 Å². The van der Waals surface area contributed by atoms with E-state index in [0.29, 0.717) is 41.3 Å². The summed E-state index contributed by atoms with van der Waals surface area (Å²) < 4.78 is 12.4. The van der Waals surface area contributed by atoms with Crippen LogP contribution in [0, 0.1) is 5.92 Å². The van der Waals surface area contributed by atoms with Crippen molar-refractivity contribution in [1.29, 1.82) is 0 Å². The lowest BCUT2D eigenvalue weighted by atomic mass is 9.82. The van der Waals surface area contributed by atoms with Crippen molar-refractivity contribution in [2.45, 2.75) is 38.8 Å². The predicted molar refractivity (Wildman–Crippen MR) is 132 cm³/mol. The summed E-state index contributed by atoms with van der Waals surface area (Å²) in [6.45, 7) is 5.95. The number of aromatic nitrogens is 2. The lowest BCUT2D eigenvalue weighted by Crippen LogP contribution is -2.52. The van der Waals surface area contributed by atoms with Gasteiger partial charge in [0, 0.05) is 48.2 Å². The second kappa shape index (κ2) is 9.22. The number of ether oxygens (including phenoxy) is 2. The van der Waals surface area contributed by atoms with E-state index in [1.165, 1.54) is 0 Å². The van der Waals surface area contributed by atoms with Crippen LogP contribution in [0.2, 0.25) is 0 Å². The maximum Gasteiger partial charge on any atom is 0.356 e. The number of fused-ring (bicyclic) bond motifs is 5. The number of anilines is 1. The summed E-state index contributed by atoms with van der Waals surface area (Å²) in [4.78, 5) is 43.7. The van der Waals surface area contributed by atoms with Crippen LogP contribution in [0.1, 0.15) is 42.4 Å². The number of likely N-dealkylation sites (tertiary alicyclic amines) is 1. The Balaban J connectivity index is 1.41. The number of amides is 1. The summed E-state index contributed by atoms with van der Waals surface area (Å²) in [6, 6.07) is 10.4. The first-order chi connectivity index (χ1) is 16.9. The van der Waals surface area contributed by atoms with E-state index in [4.69, 9.17) is 9.47 Å². The fourth-order valence-electron chi connectivity index (χ4n) is 5.43. The topological polar surface area (TPSA) is 106 Å². The number of esters is 1. The molecule has 2 aromatic heterocycles. The molecule has 1 saturated heterocycles. The minimum Gasteiger partial charge on any atom is -0.497 e. The molecular formula is C26H30N4O5. The molecule has 2 aliphatic rings. The summed E-state index contributed by atoms with van der Waals surface area (Å²) in [5.41, 5.74) is 2.38. The Bertz CT molecular complexity index is 1340. The average Bonchev–Trinajstić information content (AvgIpc) is 3.21. The zero-order valence-corrected chi connectivity index (χ0v) is 20.2. The number of pyridine rings is 1. The zero-order chi connectivity index (χ0) is 24.7. The minimum absolute atomic E-state index is 0.0395. The van der Waals surface area contributed by atoms with Crippen LogP contribution in [0.4, 0.5) is 5.69 Å². The van der Waals surface area contributed by atoms with Gasteiger partial charge in [-0.2, -0.15) is 0 Å². The van der Waals surface area contributed by atoms with Crippen LogP contribution in [-0.2, 0) is 16.1 Å². The van der Waals surface area contributed by atoms with Gasteiger partial charge < -0.3 is 24.3 Å². The molecule has 0 aliphatic carbocycles. The molecule has 3 atom stereocenters. The number of hydrogen-bond donors (Lipinski definition) is 2. The third-order valence-electron chi connectivity index (χ3n) is 7.17. The van der Waals surface area contributed by atoms with E-state index in [1.807, 2.05) is 23.6 Å². The highest BCUT2D eigenvalue weighted by molar-refractivity contribution is 6.12. The summed E-state index contributed by atoms with van der Waals surface area (Å²) in [7, 11) is 1.57. The molecule has 1 fully saturated rings. The largest absolute Gasteiger partial charge is 0.497 e. The van der Waals surface area contributed by atoms with Crippen molar-refractivity contribution in [1.82, 2.24) is 14.5 Å². The van der Waals surface area contributed by atoms with Crippen LogP contribution in [0.3, 0.4) is 0 Å². The van der Waals surface area contributed by atoms with Crippen LogP contribution >= 0.6 is 0 Å². The first-order valence-corrected chi connectivity index (χ1v) is 12.0. The van der Waals surface area contributed by atoms with Gasteiger partial charge in [0.25, 0.3) is 5.56 Å². The van der Waals surface area contributed by atoms with E-state index in [9.17, 15) is 14.4 Å². The fraction of sp³-hybridized carbons (Fsp3) is 0.423. The molecule has 1 aromatic carbocycles. The van der Waals surface area contributed by atoms with Crippen molar-refractivity contribution >= 4 is 28.5 Å². The number of nitrogens with one attached hydrogen (secondary N) is 2. The van der Waals surface area contributed by atoms with Gasteiger partial charge in [0.1, 0.15) is 11.4 Å². The molecule has 2 bridgehead atoms. The Kier molecular flexibility index (Phi) is 6.10. The molecule has 2 aliphatic heterocycles. The Morgan fingerprint density at radius 3 is 2.80 bits per heavy atom. The quantitative estimate of drug-likeness (QED) is 0.528. The van der Waals surface area contributed by atoms with E-state index < -0.39 is 12.0 Å². The van der Waals surface area contributed by atoms with Gasteiger partial charge in [-0.15, -0.1) is 0 Å². The van der Waals surface area contributed by atoms with Crippen LogP contribution in [0.25, 0.3) is 10.9 Å². The van der Waals surface area contributed by atoms with E-state index >= 15 is 0 Å². The number of methoxy groups -OCH3 is 1. The number of nitrogens with zero attached hydrogens (tertiary/aromatic N) is 2. The summed E-state index contributed by atoms with van der Waals surface area (Å²) in [6.07, 6.45) is 1.02. The van der Waals surface area contributed by atoms with Crippen molar-refractivity contribution in [2.24, 2.45) is 5.92 Å². The van der Waals surface area contributed by atoms with Crippen LogP contribution < -0.4 is 15.6 Å². The lowest BCUT2D eigenvalue weighted by Gasteiger charge is -2.44. The van der Waals surface area contributed by atoms with Gasteiger partial charge in [0.05, 0.1) is 25.4 Å². The van der Waals surface area contributed by atoms with Crippen molar-refractivity contribution in [3.8, 4) is 5.75 Å². The van der Waals surface area contributed by atoms with Crippen molar-refractivity contribution in [3.05, 3.63) is 58.1 Å². The van der Waals surface area contributed by atoms with Crippen molar-refractivity contribution in [2.75, 3.05) is 32.1 Å². The standard InChI is InChI=1S/C26H30N4O5/c1-4-35-26(33)24-23(19-11-18(34-3)8-9-20(19)27-24)28-25(32)15(2)29-12-16-10-17(14-29)21-6-5-7-22(31)30(21)13-16/h5-9,11,15-17,27H,4,10,12-14H2,1-3H3,(H,28,32)/t15-,16+,17+/m1/s1. The number of H-pyrrole nitrogens is 1. The molecule has 35 heavy (non-hydrogen) atoms. The van der Waals surface area contributed by atoms with Crippen molar-refractivity contribution < 1.29 is 19.1 Å². The lowest BCUT2D eigenvalue weighted by molar-refractivity contribution is -0.121. The van der Waals surface area contributed by atoms with Gasteiger partial charge in [-0.25, -0.2) is 4.79 Å². The van der Waals surface area contributed by atoms with Crippen molar-refractivity contribution in [3.63, 3.8) is 0 Å². The summed E-state index contributed by atoms with van der Waals surface area (Å²) >= 11 is 0. The molecular weight excluding hydrogens is 448 g/mol. The molecule has 3 aromatic rings.